The Morgan fingerprint density at radius 2 is 2.17 bits per heavy atom. The van der Waals surface area contributed by atoms with Crippen LogP contribution >= 0.6 is 0 Å². The Balaban J connectivity index is 2.92. The zero-order valence-corrected chi connectivity index (χ0v) is 10.7. The highest BCUT2D eigenvalue weighted by molar-refractivity contribution is 5.98. The number of amides is 1. The smallest absolute Gasteiger partial charge is 0.244 e. The van der Waals surface area contributed by atoms with E-state index in [1.54, 1.807) is 13.8 Å². The molecule has 0 saturated carbocycles. The number of benzene rings is 1. The van der Waals surface area contributed by atoms with Gasteiger partial charge >= 0.3 is 0 Å². The number of hydrogen-bond donors (Lipinski definition) is 2. The van der Waals surface area contributed by atoms with Crippen LogP contribution in [0.4, 0.5) is 10.1 Å². The van der Waals surface area contributed by atoms with E-state index in [1.165, 1.54) is 12.1 Å². The van der Waals surface area contributed by atoms with E-state index in [-0.39, 0.29) is 11.5 Å². The highest BCUT2D eigenvalue weighted by atomic mass is 19.1. The lowest BCUT2D eigenvalue weighted by atomic mass is 10.0. The van der Waals surface area contributed by atoms with Crippen molar-refractivity contribution in [3.05, 3.63) is 29.6 Å². The van der Waals surface area contributed by atoms with Gasteiger partial charge in [0.1, 0.15) is 11.9 Å². The third-order valence-corrected chi connectivity index (χ3v) is 2.54. The zero-order valence-electron chi connectivity index (χ0n) is 10.7. The van der Waals surface area contributed by atoms with Gasteiger partial charge in [-0.3, -0.25) is 4.79 Å². The molecule has 1 amide bonds. The minimum atomic E-state index is -0.754. The van der Waals surface area contributed by atoms with Gasteiger partial charge in [0.05, 0.1) is 16.8 Å². The molecular formula is C13H16FN3O. The largest absolute Gasteiger partial charge is 0.323 e. The van der Waals surface area contributed by atoms with E-state index in [4.69, 9.17) is 5.26 Å². The van der Waals surface area contributed by atoms with Crippen molar-refractivity contribution >= 4 is 11.6 Å². The molecule has 0 saturated heterocycles. The molecule has 0 aliphatic carbocycles. The molecule has 1 rings (SSSR count). The van der Waals surface area contributed by atoms with Crippen molar-refractivity contribution in [1.29, 1.82) is 5.26 Å². The second-order valence-electron chi connectivity index (χ2n) is 4.41. The Hall–Kier alpha value is -1.93. The van der Waals surface area contributed by atoms with Gasteiger partial charge < -0.3 is 10.6 Å². The van der Waals surface area contributed by atoms with Gasteiger partial charge in [0.15, 0.2) is 0 Å². The first kappa shape index (κ1) is 14.1. The van der Waals surface area contributed by atoms with E-state index in [2.05, 4.69) is 10.6 Å². The van der Waals surface area contributed by atoms with Crippen LogP contribution in [0.2, 0.25) is 0 Å². The third-order valence-electron chi connectivity index (χ3n) is 2.54. The lowest BCUT2D eigenvalue weighted by Crippen LogP contribution is -2.49. The van der Waals surface area contributed by atoms with Crippen molar-refractivity contribution in [3.8, 4) is 6.07 Å². The quantitative estimate of drug-likeness (QED) is 0.858. The summed E-state index contributed by atoms with van der Waals surface area (Å²) >= 11 is 0. The summed E-state index contributed by atoms with van der Waals surface area (Å²) in [6.07, 6.45) is 0. The number of rotatable bonds is 4. The number of hydrogen-bond acceptors (Lipinski definition) is 3. The van der Waals surface area contributed by atoms with Crippen LogP contribution in [0.1, 0.15) is 26.3 Å². The first-order valence-corrected chi connectivity index (χ1v) is 5.67. The van der Waals surface area contributed by atoms with E-state index in [1.807, 2.05) is 13.0 Å². The third kappa shape index (κ3) is 3.28. The number of likely N-dealkylation sites (N-methyl/N-ethyl adjacent to an activating group) is 1. The fourth-order valence-corrected chi connectivity index (χ4v) is 1.52. The Morgan fingerprint density at radius 1 is 1.50 bits per heavy atom. The molecule has 96 valence electrons. The predicted molar refractivity (Wildman–Crippen MR) is 67.5 cm³/mol. The summed E-state index contributed by atoms with van der Waals surface area (Å²) in [6, 6.07) is 5.53. The Labute approximate surface area is 106 Å². The summed E-state index contributed by atoms with van der Waals surface area (Å²) in [5.41, 5.74) is -0.332. The van der Waals surface area contributed by atoms with E-state index < -0.39 is 11.4 Å². The van der Waals surface area contributed by atoms with Crippen molar-refractivity contribution in [3.63, 3.8) is 0 Å². The zero-order chi connectivity index (χ0) is 13.8. The van der Waals surface area contributed by atoms with Crippen molar-refractivity contribution in [2.24, 2.45) is 0 Å². The molecular weight excluding hydrogens is 233 g/mol. The molecule has 0 heterocycles. The number of nitriles is 1. The summed E-state index contributed by atoms with van der Waals surface area (Å²) in [6.45, 7) is 6.02. The molecule has 1 aromatic rings. The molecule has 0 radical (unpaired) electrons. The monoisotopic (exact) mass is 249 g/mol. The number of carbonyl (C=O) groups excluding carboxylic acids is 1. The molecule has 0 fully saturated rings. The van der Waals surface area contributed by atoms with Gasteiger partial charge in [0.25, 0.3) is 0 Å². The Morgan fingerprint density at radius 3 is 2.72 bits per heavy atom. The Kier molecular flexibility index (Phi) is 4.40. The highest BCUT2D eigenvalue weighted by Gasteiger charge is 2.26. The summed E-state index contributed by atoms with van der Waals surface area (Å²) in [5, 5.41) is 14.5. The van der Waals surface area contributed by atoms with Gasteiger partial charge in [0, 0.05) is 0 Å². The number of carbonyl (C=O) groups is 1. The average molecular weight is 249 g/mol. The molecule has 18 heavy (non-hydrogen) atoms. The standard InChI is InChI=1S/C13H16FN3O/c1-4-16-13(2,3)12(18)17-11-6-5-10(14)7-9(11)8-15/h5-7,16H,4H2,1-3H3,(H,17,18). The maximum atomic E-state index is 13.0. The van der Waals surface area contributed by atoms with Gasteiger partial charge in [-0.2, -0.15) is 5.26 Å². The number of nitrogens with one attached hydrogen (secondary N) is 2. The molecule has 0 bridgehead atoms. The number of halogens is 1. The fourth-order valence-electron chi connectivity index (χ4n) is 1.52. The van der Waals surface area contributed by atoms with Crippen LogP contribution in [-0.2, 0) is 4.79 Å². The van der Waals surface area contributed by atoms with Crippen molar-refractivity contribution in [2.45, 2.75) is 26.3 Å². The molecule has 0 unspecified atom stereocenters. The van der Waals surface area contributed by atoms with Gasteiger partial charge in [-0.1, -0.05) is 6.92 Å². The van der Waals surface area contributed by atoms with Crippen LogP contribution < -0.4 is 10.6 Å². The van der Waals surface area contributed by atoms with Gasteiger partial charge in [-0.05, 0) is 38.6 Å². The minimum absolute atomic E-state index is 0.107. The maximum Gasteiger partial charge on any atom is 0.244 e. The molecule has 0 aliphatic rings. The fraction of sp³-hybridized carbons (Fsp3) is 0.385. The van der Waals surface area contributed by atoms with E-state index in [0.717, 1.165) is 6.07 Å². The predicted octanol–water partition coefficient (Wildman–Crippen LogP) is 2.02. The molecule has 2 N–H and O–H groups in total. The SMILES string of the molecule is CCNC(C)(C)C(=O)Nc1ccc(F)cc1C#N. The minimum Gasteiger partial charge on any atom is -0.323 e. The van der Waals surface area contributed by atoms with Gasteiger partial charge in [-0.25, -0.2) is 4.39 Å². The second kappa shape index (κ2) is 5.61. The van der Waals surface area contributed by atoms with E-state index in [9.17, 15) is 9.18 Å². The average Bonchev–Trinajstić information content (AvgIpc) is 2.31. The lowest BCUT2D eigenvalue weighted by Gasteiger charge is -2.24. The van der Waals surface area contributed by atoms with E-state index >= 15 is 0 Å². The summed E-state index contributed by atoms with van der Waals surface area (Å²) in [5.74, 6) is -0.775. The second-order valence-corrected chi connectivity index (χ2v) is 4.41. The molecule has 0 spiro atoms. The Bertz CT molecular complexity index is 491. The first-order chi connectivity index (χ1) is 8.40. The molecule has 1 aromatic carbocycles. The van der Waals surface area contributed by atoms with Crippen LogP contribution in [0.25, 0.3) is 0 Å². The summed E-state index contributed by atoms with van der Waals surface area (Å²) < 4.78 is 13.0. The van der Waals surface area contributed by atoms with Crippen LogP contribution in [0.3, 0.4) is 0 Å². The maximum absolute atomic E-state index is 13.0. The van der Waals surface area contributed by atoms with Crippen molar-refractivity contribution in [2.75, 3.05) is 11.9 Å². The number of nitrogens with zero attached hydrogens (tertiary/aromatic N) is 1. The van der Waals surface area contributed by atoms with Crippen molar-refractivity contribution in [1.82, 2.24) is 5.32 Å². The first-order valence-electron chi connectivity index (χ1n) is 5.67. The highest BCUT2D eigenvalue weighted by Crippen LogP contribution is 2.17. The van der Waals surface area contributed by atoms with E-state index in [0.29, 0.717) is 12.2 Å². The molecule has 5 heteroatoms. The van der Waals surface area contributed by atoms with Crippen LogP contribution in [0.15, 0.2) is 18.2 Å². The summed E-state index contributed by atoms with van der Waals surface area (Å²) in [4.78, 5) is 12.0. The van der Waals surface area contributed by atoms with Gasteiger partial charge in [-0.15, -0.1) is 0 Å². The molecule has 0 aliphatic heterocycles. The molecule has 0 atom stereocenters. The normalized spacial score (nSPS) is 10.8. The van der Waals surface area contributed by atoms with Gasteiger partial charge in [0.2, 0.25) is 5.91 Å². The van der Waals surface area contributed by atoms with Crippen LogP contribution in [0.5, 0.6) is 0 Å². The molecule has 4 nitrogen and oxygen atoms in total. The lowest BCUT2D eigenvalue weighted by molar-refractivity contribution is -0.121. The number of anilines is 1. The molecule has 0 aromatic heterocycles. The summed E-state index contributed by atoms with van der Waals surface area (Å²) in [7, 11) is 0. The topological polar surface area (TPSA) is 64.9 Å². The van der Waals surface area contributed by atoms with Crippen molar-refractivity contribution < 1.29 is 9.18 Å². The van der Waals surface area contributed by atoms with Crippen LogP contribution in [-0.4, -0.2) is 18.0 Å². The van der Waals surface area contributed by atoms with Crippen LogP contribution in [0, 0.1) is 17.1 Å².